The molecule has 1 aliphatic heterocycles. The fourth-order valence-corrected chi connectivity index (χ4v) is 2.31. The molecule has 0 amide bonds. The van der Waals surface area contributed by atoms with Crippen molar-refractivity contribution in [3.8, 4) is 0 Å². The number of hydrogen-bond acceptors (Lipinski definition) is 1. The van der Waals surface area contributed by atoms with Crippen molar-refractivity contribution in [1.29, 1.82) is 0 Å². The first kappa shape index (κ1) is 10.2. The second-order valence-corrected chi connectivity index (χ2v) is 4.28. The van der Waals surface area contributed by atoms with Crippen molar-refractivity contribution in [2.75, 3.05) is 0 Å². The van der Waals surface area contributed by atoms with E-state index in [9.17, 15) is 5.11 Å². The molecule has 2 aromatic rings. The standard InChI is InChI=1S/C15H13NO/c17-15(11-6-2-1-3-7-11)13-10-16-14-9-5-4-8-12(13)14/h1-10,13,15,17H/p+1. The van der Waals surface area contributed by atoms with Gasteiger partial charge >= 0.3 is 0 Å². The molecule has 2 atom stereocenters. The summed E-state index contributed by atoms with van der Waals surface area (Å²) in [5, 5.41) is 10.4. The van der Waals surface area contributed by atoms with E-state index in [2.05, 4.69) is 11.1 Å². The zero-order chi connectivity index (χ0) is 11.7. The van der Waals surface area contributed by atoms with E-state index in [0.29, 0.717) is 0 Å². The van der Waals surface area contributed by atoms with Crippen LogP contribution in [0.3, 0.4) is 0 Å². The molecular formula is C15H14NO+. The number of fused-ring (bicyclic) bond motifs is 1. The molecular weight excluding hydrogens is 210 g/mol. The second-order valence-electron chi connectivity index (χ2n) is 4.28. The molecule has 0 saturated heterocycles. The quantitative estimate of drug-likeness (QED) is 0.792. The predicted octanol–water partition coefficient (Wildman–Crippen LogP) is 1.30. The Morgan fingerprint density at radius 1 is 0.941 bits per heavy atom. The first-order chi connectivity index (χ1) is 8.36. The molecule has 0 saturated carbocycles. The smallest absolute Gasteiger partial charge is 0.207 e. The van der Waals surface area contributed by atoms with Crippen LogP contribution in [0.1, 0.15) is 23.1 Å². The minimum Gasteiger partial charge on any atom is -0.387 e. The molecule has 0 fully saturated rings. The lowest BCUT2D eigenvalue weighted by Crippen LogP contribution is -2.59. The summed E-state index contributed by atoms with van der Waals surface area (Å²) in [4.78, 5) is 3.22. The number of hydrogen-bond donors (Lipinski definition) is 2. The topological polar surface area (TPSA) is 34.2 Å². The Morgan fingerprint density at radius 3 is 2.47 bits per heavy atom. The number of aliphatic hydroxyl groups is 1. The zero-order valence-electron chi connectivity index (χ0n) is 9.38. The molecule has 0 bridgehead atoms. The van der Waals surface area contributed by atoms with Crippen LogP contribution in [0.15, 0.2) is 54.6 Å². The Morgan fingerprint density at radius 2 is 1.65 bits per heavy atom. The highest BCUT2D eigenvalue weighted by Gasteiger charge is 2.31. The van der Waals surface area contributed by atoms with Gasteiger partial charge in [0.15, 0.2) is 6.21 Å². The Labute approximate surface area is 100 Å². The molecule has 2 heteroatoms. The van der Waals surface area contributed by atoms with Crippen molar-refractivity contribution in [2.45, 2.75) is 12.0 Å². The molecule has 17 heavy (non-hydrogen) atoms. The number of nitrogens with one attached hydrogen (secondary N) is 1. The highest BCUT2D eigenvalue weighted by molar-refractivity contribution is 5.72. The fraction of sp³-hybridized carbons (Fsp3) is 0.133. The van der Waals surface area contributed by atoms with Gasteiger partial charge in [-0.25, -0.2) is 4.99 Å². The Balaban J connectivity index is 1.95. The maximum absolute atomic E-state index is 10.4. The van der Waals surface area contributed by atoms with Crippen LogP contribution in [-0.2, 0) is 0 Å². The lowest BCUT2D eigenvalue weighted by atomic mass is 9.91. The van der Waals surface area contributed by atoms with Crippen molar-refractivity contribution in [3.05, 3.63) is 65.7 Å². The Kier molecular flexibility index (Phi) is 2.50. The largest absolute Gasteiger partial charge is 0.387 e. The van der Waals surface area contributed by atoms with Crippen molar-refractivity contribution in [1.82, 2.24) is 0 Å². The third kappa shape index (κ3) is 1.77. The number of benzene rings is 2. The van der Waals surface area contributed by atoms with E-state index in [4.69, 9.17) is 0 Å². The van der Waals surface area contributed by atoms with Gasteiger partial charge in [-0.3, -0.25) is 0 Å². The van der Waals surface area contributed by atoms with E-state index in [-0.39, 0.29) is 5.92 Å². The molecule has 2 N–H and O–H groups in total. The van der Waals surface area contributed by atoms with E-state index in [0.717, 1.165) is 16.8 Å². The maximum Gasteiger partial charge on any atom is 0.207 e. The van der Waals surface area contributed by atoms with Crippen LogP contribution in [0.4, 0.5) is 5.69 Å². The fourth-order valence-electron chi connectivity index (χ4n) is 2.31. The summed E-state index contributed by atoms with van der Waals surface area (Å²) in [7, 11) is 0. The van der Waals surface area contributed by atoms with Crippen molar-refractivity contribution >= 4 is 11.9 Å². The van der Waals surface area contributed by atoms with Crippen molar-refractivity contribution in [3.63, 3.8) is 0 Å². The van der Waals surface area contributed by atoms with Crippen LogP contribution in [0, 0.1) is 0 Å². The molecule has 3 rings (SSSR count). The van der Waals surface area contributed by atoms with E-state index in [1.807, 2.05) is 54.7 Å². The van der Waals surface area contributed by atoms with Crippen LogP contribution in [0.25, 0.3) is 0 Å². The third-order valence-electron chi connectivity index (χ3n) is 3.22. The molecule has 1 aliphatic rings. The first-order valence-electron chi connectivity index (χ1n) is 5.78. The highest BCUT2D eigenvalue weighted by Crippen LogP contribution is 2.33. The zero-order valence-corrected chi connectivity index (χ0v) is 9.38. The van der Waals surface area contributed by atoms with Crippen molar-refractivity contribution < 1.29 is 10.1 Å². The van der Waals surface area contributed by atoms with Gasteiger partial charge in [-0.15, -0.1) is 0 Å². The molecule has 0 radical (unpaired) electrons. The van der Waals surface area contributed by atoms with Gasteiger partial charge in [-0.05, 0) is 5.56 Å². The van der Waals surface area contributed by atoms with Gasteiger partial charge in [0.05, 0.1) is 12.0 Å². The second kappa shape index (κ2) is 4.15. The van der Waals surface area contributed by atoms with Gasteiger partial charge in [0.25, 0.3) is 0 Å². The van der Waals surface area contributed by atoms with Gasteiger partial charge in [0.1, 0.15) is 0 Å². The highest BCUT2D eigenvalue weighted by atomic mass is 16.3. The Hall–Kier alpha value is -1.93. The molecule has 2 aromatic carbocycles. The van der Waals surface area contributed by atoms with E-state index in [1.54, 1.807) is 0 Å². The summed E-state index contributed by atoms with van der Waals surface area (Å²) in [6, 6.07) is 17.9. The van der Waals surface area contributed by atoms with E-state index in [1.165, 1.54) is 0 Å². The monoisotopic (exact) mass is 224 g/mol. The molecule has 1 heterocycles. The summed E-state index contributed by atoms with van der Waals surface area (Å²) in [6.07, 6.45) is 1.47. The van der Waals surface area contributed by atoms with Gasteiger partial charge in [0.2, 0.25) is 5.69 Å². The Bertz CT molecular complexity index is 548. The minimum atomic E-state index is -0.493. The normalized spacial score (nSPS) is 19.0. The minimum absolute atomic E-state index is 0.0219. The molecule has 2 nitrogen and oxygen atoms in total. The third-order valence-corrected chi connectivity index (χ3v) is 3.22. The summed E-state index contributed by atoms with van der Waals surface area (Å²) in [5.41, 5.74) is 3.20. The van der Waals surface area contributed by atoms with Crippen LogP contribution in [-0.4, -0.2) is 11.3 Å². The summed E-state index contributed by atoms with van der Waals surface area (Å²) < 4.78 is 0. The lowest BCUT2D eigenvalue weighted by molar-refractivity contribution is -0.344. The summed E-state index contributed by atoms with van der Waals surface area (Å²) in [6.45, 7) is 0. The summed E-state index contributed by atoms with van der Waals surface area (Å²) in [5.74, 6) is 0.0219. The first-order valence-corrected chi connectivity index (χ1v) is 5.78. The van der Waals surface area contributed by atoms with Crippen LogP contribution in [0.5, 0.6) is 0 Å². The molecule has 0 spiro atoms. The average molecular weight is 224 g/mol. The maximum atomic E-state index is 10.4. The van der Waals surface area contributed by atoms with E-state index < -0.39 is 6.10 Å². The predicted molar refractivity (Wildman–Crippen MR) is 67.3 cm³/mol. The molecule has 2 unspecified atom stereocenters. The van der Waals surface area contributed by atoms with E-state index >= 15 is 0 Å². The number of para-hydroxylation sites is 1. The van der Waals surface area contributed by atoms with Gasteiger partial charge < -0.3 is 5.11 Å². The van der Waals surface area contributed by atoms with Crippen molar-refractivity contribution in [2.24, 2.45) is 0 Å². The van der Waals surface area contributed by atoms with Gasteiger partial charge in [-0.2, -0.15) is 0 Å². The SMILES string of the molecule is OC(c1ccccc1)C1C=[NH+]c2ccccc21. The molecule has 0 aromatic heterocycles. The van der Waals surface area contributed by atoms with Crippen LogP contribution in [0.2, 0.25) is 0 Å². The van der Waals surface area contributed by atoms with Gasteiger partial charge in [-0.1, -0.05) is 48.5 Å². The summed E-state index contributed by atoms with van der Waals surface area (Å²) >= 11 is 0. The molecule has 0 aliphatic carbocycles. The number of aliphatic hydroxyl groups excluding tert-OH is 1. The average Bonchev–Trinajstić information content (AvgIpc) is 2.83. The van der Waals surface area contributed by atoms with Crippen LogP contribution < -0.4 is 4.99 Å². The lowest BCUT2D eigenvalue weighted by Gasteiger charge is -2.14. The van der Waals surface area contributed by atoms with Gasteiger partial charge in [0, 0.05) is 11.6 Å². The van der Waals surface area contributed by atoms with Crippen LogP contribution >= 0.6 is 0 Å². The number of rotatable bonds is 2. The molecule has 84 valence electrons.